The highest BCUT2D eigenvalue weighted by Crippen LogP contribution is 2.23. The summed E-state index contributed by atoms with van der Waals surface area (Å²) in [5, 5.41) is 16.3. The number of carbonyl (C=O) groups is 1. The van der Waals surface area contributed by atoms with Crippen molar-refractivity contribution in [2.24, 2.45) is 0 Å². The van der Waals surface area contributed by atoms with Crippen LogP contribution in [-0.2, 0) is 6.42 Å². The number of hydrogen-bond donors (Lipinski definition) is 3. The fourth-order valence-corrected chi connectivity index (χ4v) is 1.97. The van der Waals surface area contributed by atoms with E-state index in [1.807, 2.05) is 6.92 Å². The summed E-state index contributed by atoms with van der Waals surface area (Å²) in [6.07, 6.45) is 1.67. The van der Waals surface area contributed by atoms with Crippen LogP contribution in [0, 0.1) is 0 Å². The Bertz CT molecular complexity index is 621. The minimum absolute atomic E-state index is 0.101. The standard InChI is InChI=1S/C14H18N4O2/c1-3-5-11-12(15)13(17-16-11)14(20)18(2)9-6-4-7-10(19)8-9/h4,6-8,19H,3,5,15H2,1-2H3,(H,16,17). The number of nitrogens with one attached hydrogen (secondary N) is 1. The van der Waals surface area contributed by atoms with E-state index in [1.165, 1.54) is 11.0 Å². The Labute approximate surface area is 117 Å². The van der Waals surface area contributed by atoms with Crippen molar-refractivity contribution in [3.8, 4) is 5.75 Å². The Balaban J connectivity index is 2.27. The second-order valence-electron chi connectivity index (χ2n) is 4.60. The van der Waals surface area contributed by atoms with Crippen molar-refractivity contribution in [2.75, 3.05) is 17.7 Å². The lowest BCUT2D eigenvalue weighted by Crippen LogP contribution is -2.27. The van der Waals surface area contributed by atoms with E-state index >= 15 is 0 Å². The van der Waals surface area contributed by atoms with Crippen molar-refractivity contribution >= 4 is 17.3 Å². The zero-order chi connectivity index (χ0) is 14.7. The summed E-state index contributed by atoms with van der Waals surface area (Å²) < 4.78 is 0. The molecule has 4 N–H and O–H groups in total. The maximum Gasteiger partial charge on any atom is 0.280 e. The Kier molecular flexibility index (Phi) is 3.93. The number of hydrogen-bond acceptors (Lipinski definition) is 4. The van der Waals surface area contributed by atoms with Gasteiger partial charge in [-0.1, -0.05) is 19.4 Å². The molecular formula is C14H18N4O2. The molecule has 0 spiro atoms. The van der Waals surface area contributed by atoms with E-state index in [0.29, 0.717) is 11.4 Å². The molecule has 106 valence electrons. The third-order valence-corrected chi connectivity index (χ3v) is 3.11. The van der Waals surface area contributed by atoms with Gasteiger partial charge in [0, 0.05) is 18.8 Å². The number of aryl methyl sites for hydroxylation is 1. The number of rotatable bonds is 4. The number of aromatic amines is 1. The highest BCUT2D eigenvalue weighted by atomic mass is 16.3. The molecule has 1 aromatic carbocycles. The van der Waals surface area contributed by atoms with Gasteiger partial charge in [-0.25, -0.2) is 0 Å². The van der Waals surface area contributed by atoms with Crippen LogP contribution in [0.4, 0.5) is 11.4 Å². The van der Waals surface area contributed by atoms with Crippen LogP contribution >= 0.6 is 0 Å². The molecule has 0 aliphatic heterocycles. The predicted molar refractivity (Wildman–Crippen MR) is 77.8 cm³/mol. The van der Waals surface area contributed by atoms with Crippen molar-refractivity contribution in [1.82, 2.24) is 10.2 Å². The highest BCUT2D eigenvalue weighted by Gasteiger charge is 2.21. The maximum atomic E-state index is 12.4. The van der Waals surface area contributed by atoms with Gasteiger partial charge in [-0.15, -0.1) is 0 Å². The van der Waals surface area contributed by atoms with Crippen LogP contribution in [0.3, 0.4) is 0 Å². The number of anilines is 2. The largest absolute Gasteiger partial charge is 0.508 e. The SMILES string of the molecule is CCCc1[nH]nc(C(=O)N(C)c2cccc(O)c2)c1N. The van der Waals surface area contributed by atoms with Crippen molar-refractivity contribution in [1.29, 1.82) is 0 Å². The lowest BCUT2D eigenvalue weighted by Gasteiger charge is -2.16. The molecule has 1 heterocycles. The molecule has 6 nitrogen and oxygen atoms in total. The van der Waals surface area contributed by atoms with E-state index in [2.05, 4.69) is 10.2 Å². The summed E-state index contributed by atoms with van der Waals surface area (Å²) in [5.41, 5.74) is 7.90. The van der Waals surface area contributed by atoms with Crippen LogP contribution < -0.4 is 10.6 Å². The predicted octanol–water partition coefficient (Wildman–Crippen LogP) is 1.93. The van der Waals surface area contributed by atoms with Gasteiger partial charge in [-0.05, 0) is 18.6 Å². The van der Waals surface area contributed by atoms with E-state index in [9.17, 15) is 9.90 Å². The minimum atomic E-state index is -0.313. The van der Waals surface area contributed by atoms with E-state index in [0.717, 1.165) is 18.5 Å². The van der Waals surface area contributed by atoms with Gasteiger partial charge in [-0.3, -0.25) is 9.89 Å². The first-order valence-electron chi connectivity index (χ1n) is 6.44. The average Bonchev–Trinajstić information content (AvgIpc) is 2.79. The first-order valence-corrected chi connectivity index (χ1v) is 6.44. The number of amides is 1. The maximum absolute atomic E-state index is 12.4. The smallest absolute Gasteiger partial charge is 0.280 e. The lowest BCUT2D eigenvalue weighted by atomic mass is 10.2. The molecule has 0 saturated carbocycles. The van der Waals surface area contributed by atoms with Crippen LogP contribution in [0.25, 0.3) is 0 Å². The number of nitrogens with zero attached hydrogens (tertiary/aromatic N) is 2. The number of benzene rings is 1. The normalized spacial score (nSPS) is 10.5. The Hall–Kier alpha value is -2.50. The second-order valence-corrected chi connectivity index (χ2v) is 4.60. The molecule has 0 radical (unpaired) electrons. The number of carbonyl (C=O) groups excluding carboxylic acids is 1. The van der Waals surface area contributed by atoms with Crippen LogP contribution in [0.15, 0.2) is 24.3 Å². The van der Waals surface area contributed by atoms with Crippen LogP contribution in [0.5, 0.6) is 5.75 Å². The number of phenols is 1. The average molecular weight is 274 g/mol. The lowest BCUT2D eigenvalue weighted by molar-refractivity contribution is 0.0989. The Morgan fingerprint density at radius 2 is 2.25 bits per heavy atom. The van der Waals surface area contributed by atoms with Gasteiger partial charge in [0.05, 0.1) is 11.4 Å². The molecule has 2 rings (SSSR count). The Morgan fingerprint density at radius 3 is 2.90 bits per heavy atom. The zero-order valence-electron chi connectivity index (χ0n) is 11.6. The molecular weight excluding hydrogens is 256 g/mol. The molecule has 0 saturated heterocycles. The van der Waals surface area contributed by atoms with E-state index in [-0.39, 0.29) is 17.4 Å². The number of aromatic hydroxyl groups is 1. The van der Waals surface area contributed by atoms with E-state index in [1.54, 1.807) is 25.2 Å². The fraction of sp³-hybridized carbons (Fsp3) is 0.286. The second kappa shape index (κ2) is 5.64. The Morgan fingerprint density at radius 1 is 1.50 bits per heavy atom. The van der Waals surface area contributed by atoms with Gasteiger partial charge < -0.3 is 15.7 Å². The van der Waals surface area contributed by atoms with Gasteiger partial charge in [0.15, 0.2) is 5.69 Å². The van der Waals surface area contributed by atoms with Gasteiger partial charge in [0.2, 0.25) is 0 Å². The first-order chi connectivity index (χ1) is 9.54. The number of phenolic OH excluding ortho intramolecular Hbond substituents is 1. The van der Waals surface area contributed by atoms with Gasteiger partial charge in [0.25, 0.3) is 5.91 Å². The minimum Gasteiger partial charge on any atom is -0.508 e. The molecule has 0 fully saturated rings. The summed E-state index contributed by atoms with van der Waals surface area (Å²) in [7, 11) is 1.62. The molecule has 0 aliphatic rings. The molecule has 0 unspecified atom stereocenters. The van der Waals surface area contributed by atoms with E-state index < -0.39 is 0 Å². The van der Waals surface area contributed by atoms with E-state index in [4.69, 9.17) is 5.73 Å². The van der Waals surface area contributed by atoms with Gasteiger partial charge in [0.1, 0.15) is 5.75 Å². The van der Waals surface area contributed by atoms with Crippen molar-refractivity contribution in [3.05, 3.63) is 35.7 Å². The summed E-state index contributed by atoms with van der Waals surface area (Å²) in [6, 6.07) is 6.45. The van der Waals surface area contributed by atoms with Gasteiger partial charge in [-0.2, -0.15) is 5.10 Å². The van der Waals surface area contributed by atoms with Crippen molar-refractivity contribution < 1.29 is 9.90 Å². The molecule has 1 amide bonds. The van der Waals surface area contributed by atoms with Crippen LogP contribution in [0.1, 0.15) is 29.5 Å². The summed E-state index contributed by atoms with van der Waals surface area (Å²) in [4.78, 5) is 13.8. The first kappa shape index (κ1) is 13.9. The van der Waals surface area contributed by atoms with Crippen LogP contribution in [0.2, 0.25) is 0 Å². The molecule has 0 bridgehead atoms. The summed E-state index contributed by atoms with van der Waals surface area (Å²) >= 11 is 0. The fourth-order valence-electron chi connectivity index (χ4n) is 1.97. The van der Waals surface area contributed by atoms with Crippen LogP contribution in [-0.4, -0.2) is 28.3 Å². The number of H-pyrrole nitrogens is 1. The van der Waals surface area contributed by atoms with Crippen molar-refractivity contribution in [3.63, 3.8) is 0 Å². The molecule has 20 heavy (non-hydrogen) atoms. The molecule has 0 atom stereocenters. The molecule has 6 heteroatoms. The summed E-state index contributed by atoms with van der Waals surface area (Å²) in [5.74, 6) is -0.212. The zero-order valence-corrected chi connectivity index (χ0v) is 11.6. The third-order valence-electron chi connectivity index (χ3n) is 3.11. The monoisotopic (exact) mass is 274 g/mol. The number of aromatic nitrogens is 2. The van der Waals surface area contributed by atoms with Gasteiger partial charge >= 0.3 is 0 Å². The highest BCUT2D eigenvalue weighted by molar-refractivity contribution is 6.07. The topological polar surface area (TPSA) is 95.2 Å². The summed E-state index contributed by atoms with van der Waals surface area (Å²) in [6.45, 7) is 2.03. The number of nitrogens with two attached hydrogens (primary N) is 1. The molecule has 0 aliphatic carbocycles. The van der Waals surface area contributed by atoms with Crippen molar-refractivity contribution in [2.45, 2.75) is 19.8 Å². The molecule has 2 aromatic rings. The quantitative estimate of drug-likeness (QED) is 0.793. The third kappa shape index (κ3) is 2.59. The molecule has 1 aromatic heterocycles. The number of nitrogen functional groups attached to an aromatic ring is 1.